The highest BCUT2D eigenvalue weighted by Crippen LogP contribution is 2.40. The number of ether oxygens (including phenoxy) is 2. The molecule has 1 atom stereocenters. The fourth-order valence-electron chi connectivity index (χ4n) is 4.85. The Balaban J connectivity index is 1.49. The fraction of sp³-hybridized carbons (Fsp3) is 0.281. The number of thioether (sulfide) groups is 1. The Hall–Kier alpha value is -4.24. The van der Waals surface area contributed by atoms with Crippen molar-refractivity contribution < 1.29 is 14.3 Å². The molecule has 0 saturated carbocycles. The maximum absolute atomic E-state index is 13.8. The van der Waals surface area contributed by atoms with Crippen LogP contribution in [0, 0.1) is 6.92 Å². The smallest absolute Gasteiger partial charge is 0.255 e. The molecule has 0 saturated heterocycles. The minimum absolute atomic E-state index is 0.211. The monoisotopic (exact) mass is 569 g/mol. The number of carbonyl (C=O) groups is 1. The third-order valence-corrected chi connectivity index (χ3v) is 7.42. The summed E-state index contributed by atoms with van der Waals surface area (Å²) in [5, 5.41) is 11.8. The van der Waals surface area contributed by atoms with Gasteiger partial charge in [0.05, 0.1) is 18.8 Å². The molecule has 1 aliphatic heterocycles. The summed E-state index contributed by atoms with van der Waals surface area (Å²) in [6, 6.07) is 23.3. The van der Waals surface area contributed by atoms with Crippen LogP contribution in [0.5, 0.6) is 11.5 Å². The van der Waals surface area contributed by atoms with E-state index >= 15 is 0 Å². The van der Waals surface area contributed by atoms with Crippen molar-refractivity contribution in [3.63, 3.8) is 0 Å². The van der Waals surface area contributed by atoms with Crippen molar-refractivity contribution in [2.75, 3.05) is 29.6 Å². The van der Waals surface area contributed by atoms with E-state index in [1.807, 2.05) is 81.4 Å². The van der Waals surface area contributed by atoms with E-state index in [1.165, 1.54) is 5.56 Å². The summed E-state index contributed by atoms with van der Waals surface area (Å²) in [4.78, 5) is 18.5. The van der Waals surface area contributed by atoms with Crippen LogP contribution in [0.4, 0.5) is 11.6 Å². The van der Waals surface area contributed by atoms with Crippen LogP contribution >= 0.6 is 11.8 Å². The standard InChI is InChI=1S/C32H35N5O3S/c1-5-39-27-20-24(15-16-26(27)40-18-17-23-12-8-7-9-13-23)29-28(30(38)34-25-14-10-11-21(3)19-25)22(4)33-31-35-32(41-6-2)36-37(29)31/h7-16,19-20,29H,5-6,17-18H2,1-4H3,(H,34,38)(H,33,35,36). The van der Waals surface area contributed by atoms with Crippen molar-refractivity contribution in [3.05, 3.63) is 101 Å². The number of amides is 1. The van der Waals surface area contributed by atoms with Crippen LogP contribution in [0.25, 0.3) is 0 Å². The van der Waals surface area contributed by atoms with Crippen LogP contribution in [-0.4, -0.2) is 39.6 Å². The molecule has 0 fully saturated rings. The van der Waals surface area contributed by atoms with E-state index in [4.69, 9.17) is 14.6 Å². The lowest BCUT2D eigenvalue weighted by Crippen LogP contribution is -2.31. The molecule has 0 spiro atoms. The second kappa shape index (κ2) is 13.0. The maximum atomic E-state index is 13.8. The number of fused-ring (bicyclic) bond motifs is 1. The molecule has 9 heteroatoms. The van der Waals surface area contributed by atoms with Gasteiger partial charge in [0.2, 0.25) is 11.1 Å². The normalized spacial score (nSPS) is 14.3. The summed E-state index contributed by atoms with van der Waals surface area (Å²) < 4.78 is 14.0. The molecule has 2 N–H and O–H groups in total. The summed E-state index contributed by atoms with van der Waals surface area (Å²) in [5.74, 6) is 2.50. The molecule has 212 valence electrons. The number of allylic oxidation sites excluding steroid dienone is 1. The van der Waals surface area contributed by atoms with Crippen molar-refractivity contribution in [1.82, 2.24) is 14.8 Å². The Bertz CT molecular complexity index is 1550. The van der Waals surface area contributed by atoms with Crippen LogP contribution in [0.15, 0.2) is 89.2 Å². The first-order valence-corrected chi connectivity index (χ1v) is 14.8. The molecule has 2 heterocycles. The lowest BCUT2D eigenvalue weighted by atomic mass is 9.94. The van der Waals surface area contributed by atoms with Gasteiger partial charge in [0.15, 0.2) is 11.5 Å². The first kappa shape index (κ1) is 28.3. The van der Waals surface area contributed by atoms with Gasteiger partial charge in [-0.1, -0.05) is 67.2 Å². The number of nitrogens with one attached hydrogen (secondary N) is 2. The van der Waals surface area contributed by atoms with E-state index < -0.39 is 6.04 Å². The molecule has 4 aromatic rings. The van der Waals surface area contributed by atoms with E-state index in [0.29, 0.717) is 47.1 Å². The number of anilines is 2. The molecule has 5 rings (SSSR count). The fourth-order valence-corrected chi connectivity index (χ4v) is 5.41. The summed E-state index contributed by atoms with van der Waals surface area (Å²) in [6.45, 7) is 8.90. The van der Waals surface area contributed by atoms with Crippen molar-refractivity contribution >= 4 is 29.3 Å². The molecule has 0 bridgehead atoms. The third-order valence-electron chi connectivity index (χ3n) is 6.70. The maximum Gasteiger partial charge on any atom is 0.255 e. The molecule has 1 unspecified atom stereocenters. The largest absolute Gasteiger partial charge is 0.490 e. The van der Waals surface area contributed by atoms with E-state index in [1.54, 1.807) is 16.4 Å². The van der Waals surface area contributed by atoms with Gasteiger partial charge in [-0.05, 0) is 67.5 Å². The second-order valence-electron chi connectivity index (χ2n) is 9.71. The van der Waals surface area contributed by atoms with Crippen molar-refractivity contribution in [1.29, 1.82) is 0 Å². The van der Waals surface area contributed by atoms with Gasteiger partial charge in [0, 0.05) is 17.8 Å². The highest BCUT2D eigenvalue weighted by atomic mass is 32.2. The second-order valence-corrected chi connectivity index (χ2v) is 10.9. The van der Waals surface area contributed by atoms with Gasteiger partial charge in [-0.25, -0.2) is 4.68 Å². The first-order chi connectivity index (χ1) is 20.0. The van der Waals surface area contributed by atoms with Crippen LogP contribution in [-0.2, 0) is 11.2 Å². The van der Waals surface area contributed by atoms with Crippen molar-refractivity contribution in [3.8, 4) is 11.5 Å². The van der Waals surface area contributed by atoms with Crippen molar-refractivity contribution in [2.45, 2.75) is 45.3 Å². The molecule has 0 aliphatic carbocycles. The van der Waals surface area contributed by atoms with E-state index in [0.717, 1.165) is 29.0 Å². The molecule has 1 amide bonds. The average molecular weight is 570 g/mol. The quantitative estimate of drug-likeness (QED) is 0.196. The van der Waals surface area contributed by atoms with Crippen molar-refractivity contribution in [2.24, 2.45) is 0 Å². The summed E-state index contributed by atoms with van der Waals surface area (Å²) in [5.41, 5.74) is 5.12. The van der Waals surface area contributed by atoms with Gasteiger partial charge in [-0.2, -0.15) is 4.98 Å². The SMILES string of the molecule is CCOc1cc(C2C(C(=O)Nc3cccc(C)c3)=C(C)Nc3nc(SCC)nn32)ccc1OCCc1ccccc1. The first-order valence-electron chi connectivity index (χ1n) is 13.9. The average Bonchev–Trinajstić information content (AvgIpc) is 3.36. The molecule has 1 aliphatic rings. The van der Waals surface area contributed by atoms with E-state index in [-0.39, 0.29) is 5.91 Å². The molecule has 8 nitrogen and oxygen atoms in total. The zero-order valence-electron chi connectivity index (χ0n) is 23.8. The lowest BCUT2D eigenvalue weighted by molar-refractivity contribution is -0.113. The van der Waals surface area contributed by atoms with Gasteiger partial charge in [0.25, 0.3) is 5.91 Å². The van der Waals surface area contributed by atoms with Gasteiger partial charge in [-0.3, -0.25) is 4.79 Å². The number of nitrogens with zero attached hydrogens (tertiary/aromatic N) is 3. The third kappa shape index (κ3) is 6.57. The molecule has 1 aromatic heterocycles. The molecule has 41 heavy (non-hydrogen) atoms. The predicted octanol–water partition coefficient (Wildman–Crippen LogP) is 6.65. The van der Waals surface area contributed by atoms with Crippen LogP contribution in [0.2, 0.25) is 0 Å². The zero-order chi connectivity index (χ0) is 28.8. The number of carbonyl (C=O) groups excluding carboxylic acids is 1. The van der Waals surface area contributed by atoms with E-state index in [9.17, 15) is 4.79 Å². The number of benzene rings is 3. The van der Waals surface area contributed by atoms with Crippen LogP contribution in [0.1, 0.15) is 43.5 Å². The number of aryl methyl sites for hydroxylation is 1. The summed E-state index contributed by atoms with van der Waals surface area (Å²) in [6.07, 6.45) is 0.786. The van der Waals surface area contributed by atoms with Gasteiger partial charge in [0.1, 0.15) is 6.04 Å². The van der Waals surface area contributed by atoms with E-state index in [2.05, 4.69) is 34.7 Å². The van der Waals surface area contributed by atoms with Gasteiger partial charge >= 0.3 is 0 Å². The number of hydrogen-bond donors (Lipinski definition) is 2. The highest BCUT2D eigenvalue weighted by Gasteiger charge is 2.35. The lowest BCUT2D eigenvalue weighted by Gasteiger charge is -2.29. The number of hydrogen-bond acceptors (Lipinski definition) is 7. The van der Waals surface area contributed by atoms with Crippen LogP contribution < -0.4 is 20.1 Å². The summed E-state index contributed by atoms with van der Waals surface area (Å²) >= 11 is 1.56. The molecule has 3 aromatic carbocycles. The Morgan fingerprint density at radius 3 is 2.59 bits per heavy atom. The minimum Gasteiger partial charge on any atom is -0.490 e. The Labute approximate surface area is 245 Å². The predicted molar refractivity (Wildman–Crippen MR) is 164 cm³/mol. The highest BCUT2D eigenvalue weighted by molar-refractivity contribution is 7.99. The molecular formula is C32H35N5O3S. The van der Waals surface area contributed by atoms with Gasteiger partial charge in [-0.15, -0.1) is 5.10 Å². The Kier molecular flexibility index (Phi) is 8.94. The topological polar surface area (TPSA) is 90.3 Å². The Morgan fingerprint density at radius 1 is 1.00 bits per heavy atom. The molecular weight excluding hydrogens is 534 g/mol. The van der Waals surface area contributed by atoms with Crippen LogP contribution in [0.3, 0.4) is 0 Å². The Morgan fingerprint density at radius 2 is 1.83 bits per heavy atom. The zero-order valence-corrected chi connectivity index (χ0v) is 24.6. The molecule has 0 radical (unpaired) electrons. The number of aromatic nitrogens is 3. The van der Waals surface area contributed by atoms with Gasteiger partial charge < -0.3 is 20.1 Å². The minimum atomic E-state index is -0.521. The number of rotatable bonds is 11. The summed E-state index contributed by atoms with van der Waals surface area (Å²) in [7, 11) is 0.